The van der Waals surface area contributed by atoms with Gasteiger partial charge in [-0.25, -0.2) is 0 Å². The number of rotatable bonds is 8. The van der Waals surface area contributed by atoms with Gasteiger partial charge >= 0.3 is 0 Å². The topological polar surface area (TPSA) is 68.1 Å². The van der Waals surface area contributed by atoms with Gasteiger partial charge in [0, 0.05) is 28.7 Å². The van der Waals surface area contributed by atoms with Crippen molar-refractivity contribution in [3.8, 4) is 0 Å². The molecule has 0 saturated heterocycles. The van der Waals surface area contributed by atoms with E-state index in [1.807, 2.05) is 12.1 Å². The zero-order valence-corrected chi connectivity index (χ0v) is 13.6. The third-order valence-corrected chi connectivity index (χ3v) is 4.44. The maximum Gasteiger partial charge on any atom is 0.263 e. The number of nitrogens with one attached hydrogen (secondary N) is 1. The molecule has 8 heteroatoms. The highest BCUT2D eigenvalue weighted by Crippen LogP contribution is 2.18. The molecule has 1 heterocycles. The van der Waals surface area contributed by atoms with Gasteiger partial charge in [0.15, 0.2) is 0 Å². The Balaban J connectivity index is 2.25. The van der Waals surface area contributed by atoms with E-state index in [-0.39, 0.29) is 0 Å². The lowest BCUT2D eigenvalue weighted by Gasteiger charge is -2.06. The zero-order chi connectivity index (χ0) is 14.1. The summed E-state index contributed by atoms with van der Waals surface area (Å²) in [6.07, 6.45) is 4.57. The van der Waals surface area contributed by atoms with Gasteiger partial charge in [-0.1, -0.05) is 0 Å². The molecule has 0 spiro atoms. The molecule has 0 aliphatic carbocycles. The third-order valence-electron chi connectivity index (χ3n) is 2.06. The highest BCUT2D eigenvalue weighted by atomic mass is 79.9. The zero-order valence-electron chi connectivity index (χ0n) is 10.3. The molecule has 104 valence electrons. The van der Waals surface area contributed by atoms with Crippen LogP contribution in [0.5, 0.6) is 0 Å². The highest BCUT2D eigenvalue weighted by molar-refractivity contribution is 9.10. The molecular weight excluding hydrogens is 350 g/mol. The Morgan fingerprint density at radius 1 is 1.68 bits per heavy atom. The number of pyridine rings is 1. The minimum absolute atomic E-state index is 0.447. The fraction of sp³-hybridized carbons (Fsp3) is 0.364. The summed E-state index contributed by atoms with van der Waals surface area (Å²) in [5.74, 6) is 1.68. The van der Waals surface area contributed by atoms with Crippen LogP contribution in [0.1, 0.15) is 5.69 Å². The van der Waals surface area contributed by atoms with E-state index >= 15 is 0 Å². The van der Waals surface area contributed by atoms with Crippen LogP contribution in [-0.2, 0) is 5.75 Å². The smallest absolute Gasteiger partial charge is 0.263 e. The Morgan fingerprint density at radius 2 is 2.47 bits per heavy atom. The average Bonchev–Trinajstić information content (AvgIpc) is 2.38. The van der Waals surface area contributed by atoms with Gasteiger partial charge < -0.3 is 5.32 Å². The SMILES string of the molecule is CSC(=C[N+](=O)[O-])NCCSCc1ncccc1Br. The third kappa shape index (κ3) is 6.84. The molecule has 0 saturated carbocycles. The molecule has 1 aromatic heterocycles. The summed E-state index contributed by atoms with van der Waals surface area (Å²) in [6, 6.07) is 3.85. The van der Waals surface area contributed by atoms with Crippen molar-refractivity contribution in [3.63, 3.8) is 0 Å². The highest BCUT2D eigenvalue weighted by Gasteiger charge is 2.02. The van der Waals surface area contributed by atoms with Crippen molar-refractivity contribution in [1.29, 1.82) is 0 Å². The van der Waals surface area contributed by atoms with Crippen LogP contribution in [0.25, 0.3) is 0 Å². The summed E-state index contributed by atoms with van der Waals surface area (Å²) in [6.45, 7) is 0.690. The van der Waals surface area contributed by atoms with Crippen molar-refractivity contribution in [1.82, 2.24) is 10.3 Å². The van der Waals surface area contributed by atoms with E-state index in [0.717, 1.165) is 27.9 Å². The van der Waals surface area contributed by atoms with Crippen molar-refractivity contribution in [2.24, 2.45) is 0 Å². The van der Waals surface area contributed by atoms with E-state index < -0.39 is 4.92 Å². The van der Waals surface area contributed by atoms with Gasteiger partial charge in [0.1, 0.15) is 5.03 Å². The van der Waals surface area contributed by atoms with Crippen molar-refractivity contribution in [3.05, 3.63) is 49.8 Å². The number of nitro groups is 1. The molecule has 0 aromatic carbocycles. The van der Waals surface area contributed by atoms with Gasteiger partial charge in [-0.3, -0.25) is 15.1 Å². The fourth-order valence-corrected chi connectivity index (χ4v) is 3.04. The Bertz CT molecular complexity index is 457. The maximum absolute atomic E-state index is 10.3. The Morgan fingerprint density at radius 3 is 3.11 bits per heavy atom. The molecule has 0 unspecified atom stereocenters. The first-order valence-corrected chi connectivity index (χ1v) is 8.61. The van der Waals surface area contributed by atoms with E-state index in [1.54, 1.807) is 24.2 Å². The van der Waals surface area contributed by atoms with Gasteiger partial charge in [0.05, 0.1) is 10.6 Å². The van der Waals surface area contributed by atoms with Crippen LogP contribution in [0, 0.1) is 10.1 Å². The predicted octanol–water partition coefficient (Wildman–Crippen LogP) is 3.11. The molecule has 5 nitrogen and oxygen atoms in total. The van der Waals surface area contributed by atoms with Gasteiger partial charge in [0.2, 0.25) is 0 Å². The van der Waals surface area contributed by atoms with Gasteiger partial charge in [-0.15, -0.1) is 11.8 Å². The van der Waals surface area contributed by atoms with E-state index in [1.165, 1.54) is 11.8 Å². The Hall–Kier alpha value is -0.730. The molecule has 0 bridgehead atoms. The molecule has 0 aliphatic heterocycles. The van der Waals surface area contributed by atoms with Crippen LogP contribution in [0.3, 0.4) is 0 Å². The molecule has 0 fully saturated rings. The van der Waals surface area contributed by atoms with Crippen LogP contribution in [0.4, 0.5) is 0 Å². The summed E-state index contributed by atoms with van der Waals surface area (Å²) >= 11 is 6.51. The molecule has 0 amide bonds. The molecule has 1 N–H and O–H groups in total. The number of nitrogens with zero attached hydrogens (tertiary/aromatic N) is 2. The van der Waals surface area contributed by atoms with Gasteiger partial charge in [0.25, 0.3) is 6.20 Å². The minimum Gasteiger partial charge on any atom is -0.374 e. The summed E-state index contributed by atoms with van der Waals surface area (Å²) < 4.78 is 1.01. The van der Waals surface area contributed by atoms with Crippen molar-refractivity contribution < 1.29 is 4.92 Å². The standard InChI is InChI=1S/C11H14BrN3O2S2/c1-18-11(7-15(16)17)14-5-6-19-8-10-9(12)3-2-4-13-10/h2-4,7,14H,5-6,8H2,1H3. The summed E-state index contributed by atoms with van der Waals surface area (Å²) in [5, 5.41) is 13.9. The number of aromatic nitrogens is 1. The fourth-order valence-electron chi connectivity index (χ4n) is 1.21. The first kappa shape index (κ1) is 16.3. The first-order valence-electron chi connectivity index (χ1n) is 5.43. The van der Waals surface area contributed by atoms with Crippen LogP contribution < -0.4 is 5.32 Å². The second kappa shape index (κ2) is 9.22. The molecule has 0 radical (unpaired) electrons. The monoisotopic (exact) mass is 363 g/mol. The normalized spacial score (nSPS) is 11.4. The van der Waals surface area contributed by atoms with Crippen LogP contribution in [0.2, 0.25) is 0 Å². The molecule has 1 aromatic rings. The second-order valence-corrected chi connectivity index (χ2v) is 6.20. The maximum atomic E-state index is 10.3. The van der Waals surface area contributed by atoms with E-state index in [9.17, 15) is 10.1 Å². The van der Waals surface area contributed by atoms with Gasteiger partial charge in [-0.2, -0.15) is 11.8 Å². The van der Waals surface area contributed by atoms with Crippen molar-refractivity contribution in [2.45, 2.75) is 5.75 Å². The molecule has 1 rings (SSSR count). The van der Waals surface area contributed by atoms with E-state index in [0.29, 0.717) is 11.6 Å². The number of halogens is 1. The van der Waals surface area contributed by atoms with Crippen molar-refractivity contribution in [2.75, 3.05) is 18.6 Å². The predicted molar refractivity (Wildman–Crippen MR) is 84.7 cm³/mol. The van der Waals surface area contributed by atoms with Gasteiger partial charge in [-0.05, 0) is 34.3 Å². The van der Waals surface area contributed by atoms with Crippen LogP contribution in [-0.4, -0.2) is 28.5 Å². The molecule has 0 aliphatic rings. The summed E-state index contributed by atoms with van der Waals surface area (Å²) in [5.41, 5.74) is 1.01. The summed E-state index contributed by atoms with van der Waals surface area (Å²) in [7, 11) is 0. The second-order valence-electron chi connectivity index (χ2n) is 3.39. The number of thioether (sulfide) groups is 2. The quantitative estimate of drug-likeness (QED) is 0.434. The molecule has 0 atom stereocenters. The average molecular weight is 364 g/mol. The lowest BCUT2D eigenvalue weighted by molar-refractivity contribution is -0.403. The van der Waals surface area contributed by atoms with Crippen LogP contribution >= 0.6 is 39.5 Å². The first-order chi connectivity index (χ1) is 9.13. The lowest BCUT2D eigenvalue weighted by Crippen LogP contribution is -2.15. The van der Waals surface area contributed by atoms with Crippen LogP contribution in [0.15, 0.2) is 34.0 Å². The lowest BCUT2D eigenvalue weighted by atomic mass is 10.4. The Labute approximate surface area is 128 Å². The van der Waals surface area contributed by atoms with Crippen molar-refractivity contribution >= 4 is 39.5 Å². The van der Waals surface area contributed by atoms with E-state index in [4.69, 9.17) is 0 Å². The largest absolute Gasteiger partial charge is 0.374 e. The number of hydrogen-bond acceptors (Lipinski definition) is 6. The summed E-state index contributed by atoms with van der Waals surface area (Å²) in [4.78, 5) is 14.2. The minimum atomic E-state index is -0.447. The number of hydrogen-bond donors (Lipinski definition) is 1. The molecule has 19 heavy (non-hydrogen) atoms. The Kier molecular flexibility index (Phi) is 7.92. The molecular formula is C11H14BrN3O2S2. The van der Waals surface area contributed by atoms with E-state index in [2.05, 4.69) is 26.2 Å².